The number of H-pyrrole nitrogens is 1. The van der Waals surface area contributed by atoms with E-state index in [2.05, 4.69) is 29.3 Å². The van der Waals surface area contributed by atoms with Gasteiger partial charge in [0.2, 0.25) is 0 Å². The third-order valence-electron chi connectivity index (χ3n) is 7.32. The van der Waals surface area contributed by atoms with Crippen molar-refractivity contribution >= 4 is 5.91 Å². The molecule has 2 aliphatic rings. The van der Waals surface area contributed by atoms with Gasteiger partial charge in [-0.2, -0.15) is 0 Å². The molecule has 33 heavy (non-hydrogen) atoms. The van der Waals surface area contributed by atoms with E-state index < -0.39 is 5.79 Å². The minimum absolute atomic E-state index is 0.168. The van der Waals surface area contributed by atoms with Crippen molar-refractivity contribution in [2.45, 2.75) is 71.8 Å². The van der Waals surface area contributed by atoms with Crippen molar-refractivity contribution in [2.24, 2.45) is 5.92 Å². The molecule has 2 aromatic rings. The molecule has 1 aromatic heterocycles. The third-order valence-corrected chi connectivity index (χ3v) is 7.32. The first-order valence-corrected chi connectivity index (χ1v) is 11.7. The van der Waals surface area contributed by atoms with Crippen LogP contribution in [0.2, 0.25) is 0 Å². The molecule has 1 fully saturated rings. The summed E-state index contributed by atoms with van der Waals surface area (Å²) in [5.41, 5.74) is 3.34. The Bertz CT molecular complexity index is 1120. The van der Waals surface area contributed by atoms with Gasteiger partial charge in [-0.1, -0.05) is 0 Å². The number of carbonyl (C=O) groups excluding carboxylic acids is 1. The molecule has 0 spiro atoms. The van der Waals surface area contributed by atoms with Crippen LogP contribution in [-0.2, 0) is 6.54 Å². The van der Waals surface area contributed by atoms with Crippen LogP contribution in [0.5, 0.6) is 11.5 Å². The fourth-order valence-corrected chi connectivity index (χ4v) is 5.21. The fourth-order valence-electron chi connectivity index (χ4n) is 5.21. The van der Waals surface area contributed by atoms with Crippen LogP contribution in [0.3, 0.4) is 0 Å². The highest BCUT2D eigenvalue weighted by Crippen LogP contribution is 2.48. The molecule has 1 saturated carbocycles. The van der Waals surface area contributed by atoms with Crippen molar-refractivity contribution in [3.05, 3.63) is 56.5 Å². The van der Waals surface area contributed by atoms with Gasteiger partial charge in [-0.25, -0.2) is 0 Å². The van der Waals surface area contributed by atoms with Crippen LogP contribution in [0.25, 0.3) is 0 Å². The summed E-state index contributed by atoms with van der Waals surface area (Å²) < 4.78 is 12.7. The number of rotatable bonds is 5. The van der Waals surface area contributed by atoms with Gasteiger partial charge in [0, 0.05) is 47.8 Å². The van der Waals surface area contributed by atoms with Gasteiger partial charge in [0.15, 0.2) is 11.5 Å². The van der Waals surface area contributed by atoms with Crippen molar-refractivity contribution < 1.29 is 14.3 Å². The molecule has 0 radical (unpaired) electrons. The molecule has 1 aliphatic carbocycles. The summed E-state index contributed by atoms with van der Waals surface area (Å²) in [6.07, 6.45) is 4.34. The molecular formula is C26H35N3O4. The molecule has 1 aliphatic heterocycles. The lowest BCUT2D eigenvalue weighted by atomic mass is 9.81. The molecule has 0 saturated heterocycles. The summed E-state index contributed by atoms with van der Waals surface area (Å²) in [5, 5.41) is 2.89. The van der Waals surface area contributed by atoms with E-state index in [9.17, 15) is 9.59 Å². The van der Waals surface area contributed by atoms with E-state index in [1.807, 2.05) is 39.8 Å². The first kappa shape index (κ1) is 23.4. The van der Waals surface area contributed by atoms with Crippen LogP contribution in [0, 0.1) is 26.7 Å². The smallest absolute Gasteiger partial charge is 0.253 e. The Labute approximate surface area is 195 Å². The number of benzene rings is 1. The van der Waals surface area contributed by atoms with E-state index in [1.165, 1.54) is 0 Å². The molecule has 4 rings (SSSR count). The molecule has 2 N–H and O–H groups in total. The fraction of sp³-hybridized carbons (Fsp3) is 0.538. The number of pyridine rings is 1. The summed E-state index contributed by atoms with van der Waals surface area (Å²) in [6, 6.07) is 6.10. The third kappa shape index (κ3) is 4.51. The molecule has 1 amide bonds. The molecule has 7 nitrogen and oxygen atoms in total. The van der Waals surface area contributed by atoms with Gasteiger partial charge in [0.05, 0.1) is 0 Å². The second-order valence-corrected chi connectivity index (χ2v) is 9.88. The van der Waals surface area contributed by atoms with Crippen LogP contribution in [0.15, 0.2) is 23.0 Å². The molecule has 1 unspecified atom stereocenters. The van der Waals surface area contributed by atoms with Gasteiger partial charge in [-0.05, 0) is 84.3 Å². The number of aryl methyl sites for hydroxylation is 2. The van der Waals surface area contributed by atoms with E-state index in [1.54, 1.807) is 6.07 Å². The highest BCUT2D eigenvalue weighted by Gasteiger charge is 2.46. The maximum Gasteiger partial charge on any atom is 0.253 e. The van der Waals surface area contributed by atoms with Crippen LogP contribution in [0.1, 0.15) is 65.3 Å². The minimum Gasteiger partial charge on any atom is -0.448 e. The number of aromatic nitrogens is 1. The van der Waals surface area contributed by atoms with Gasteiger partial charge in [-0.3, -0.25) is 9.59 Å². The number of ether oxygens (including phenoxy) is 2. The van der Waals surface area contributed by atoms with Crippen molar-refractivity contribution in [3.63, 3.8) is 0 Å². The molecular weight excluding hydrogens is 418 g/mol. The Balaban J connectivity index is 1.47. The van der Waals surface area contributed by atoms with Gasteiger partial charge < -0.3 is 24.7 Å². The number of amides is 1. The van der Waals surface area contributed by atoms with Crippen molar-refractivity contribution in [1.29, 1.82) is 0 Å². The van der Waals surface area contributed by atoms with E-state index >= 15 is 0 Å². The number of aromatic amines is 1. The quantitative estimate of drug-likeness (QED) is 0.719. The van der Waals surface area contributed by atoms with Crippen molar-refractivity contribution in [1.82, 2.24) is 15.2 Å². The number of hydrogen-bond donors (Lipinski definition) is 2. The average molecular weight is 454 g/mol. The second kappa shape index (κ2) is 8.86. The molecule has 1 aromatic carbocycles. The Kier molecular flexibility index (Phi) is 6.27. The Morgan fingerprint density at radius 2 is 1.85 bits per heavy atom. The lowest BCUT2D eigenvalue weighted by Gasteiger charge is -2.39. The zero-order valence-corrected chi connectivity index (χ0v) is 20.5. The molecule has 1 atom stereocenters. The maximum atomic E-state index is 13.0. The summed E-state index contributed by atoms with van der Waals surface area (Å²) in [6.45, 7) is 7.78. The monoisotopic (exact) mass is 453 g/mol. The Morgan fingerprint density at radius 3 is 2.48 bits per heavy atom. The normalized spacial score (nSPS) is 24.2. The lowest BCUT2D eigenvalue weighted by molar-refractivity contribution is -0.123. The maximum absolute atomic E-state index is 13.0. The Hall–Kier alpha value is -2.80. The predicted molar refractivity (Wildman–Crippen MR) is 128 cm³/mol. The largest absolute Gasteiger partial charge is 0.448 e. The summed E-state index contributed by atoms with van der Waals surface area (Å²) >= 11 is 0. The van der Waals surface area contributed by atoms with Crippen molar-refractivity contribution in [3.8, 4) is 11.5 Å². The lowest BCUT2D eigenvalue weighted by Crippen LogP contribution is -2.46. The Morgan fingerprint density at radius 1 is 1.15 bits per heavy atom. The van der Waals surface area contributed by atoms with E-state index in [4.69, 9.17) is 9.47 Å². The molecule has 2 heterocycles. The number of carbonyl (C=O) groups is 1. The molecule has 178 valence electrons. The van der Waals surface area contributed by atoms with Gasteiger partial charge >= 0.3 is 0 Å². The van der Waals surface area contributed by atoms with E-state index in [0.29, 0.717) is 34.6 Å². The van der Waals surface area contributed by atoms with Gasteiger partial charge in [0.1, 0.15) is 0 Å². The van der Waals surface area contributed by atoms with Crippen LogP contribution in [-0.4, -0.2) is 41.7 Å². The average Bonchev–Trinajstić information content (AvgIpc) is 3.12. The van der Waals surface area contributed by atoms with E-state index in [0.717, 1.165) is 42.5 Å². The number of hydrogen-bond acceptors (Lipinski definition) is 5. The number of nitrogens with zero attached hydrogens (tertiary/aromatic N) is 1. The standard InChI is InChI=1S/C26H35N3O4/c1-15-13-16(2)28-25(31)21(15)14-27-24(30)20-11-12-22-23(17(20)3)33-26(4,32-22)18-7-9-19(10-8-18)29(5)6/h11-13,18-19H,7-10,14H2,1-6H3,(H,27,30)(H,28,31)/t18-,19-,26?. The predicted octanol–water partition coefficient (Wildman–Crippen LogP) is 3.84. The van der Waals surface area contributed by atoms with Crippen LogP contribution < -0.4 is 20.3 Å². The second-order valence-electron chi connectivity index (χ2n) is 9.88. The van der Waals surface area contributed by atoms with Crippen LogP contribution in [0.4, 0.5) is 0 Å². The topological polar surface area (TPSA) is 83.7 Å². The first-order chi connectivity index (χ1) is 15.6. The summed E-state index contributed by atoms with van der Waals surface area (Å²) in [5.74, 6) is 0.676. The molecule has 7 heteroatoms. The summed E-state index contributed by atoms with van der Waals surface area (Å²) in [7, 11) is 4.27. The molecule has 0 bridgehead atoms. The van der Waals surface area contributed by atoms with E-state index in [-0.39, 0.29) is 18.0 Å². The van der Waals surface area contributed by atoms with Crippen LogP contribution >= 0.6 is 0 Å². The van der Waals surface area contributed by atoms with Crippen molar-refractivity contribution in [2.75, 3.05) is 14.1 Å². The first-order valence-electron chi connectivity index (χ1n) is 11.7. The highest BCUT2D eigenvalue weighted by molar-refractivity contribution is 5.96. The zero-order chi connectivity index (χ0) is 23.9. The minimum atomic E-state index is -0.716. The number of fused-ring (bicyclic) bond motifs is 1. The highest BCUT2D eigenvalue weighted by atomic mass is 16.7. The summed E-state index contributed by atoms with van der Waals surface area (Å²) in [4.78, 5) is 30.3. The SMILES string of the molecule is Cc1cc(C)c(CNC(=O)c2ccc3c(c2C)OC(C)([C@H]2CC[C@H](N(C)C)CC2)O3)c(=O)[nH]1. The zero-order valence-electron chi connectivity index (χ0n) is 20.5. The van der Waals surface area contributed by atoms with Gasteiger partial charge in [-0.15, -0.1) is 0 Å². The van der Waals surface area contributed by atoms with Gasteiger partial charge in [0.25, 0.3) is 17.3 Å². The number of nitrogens with one attached hydrogen (secondary N) is 2.